The second-order valence-corrected chi connectivity index (χ2v) is 5.44. The van der Waals surface area contributed by atoms with Gasteiger partial charge in [-0.25, -0.2) is 0 Å². The van der Waals surface area contributed by atoms with Gasteiger partial charge in [-0.15, -0.1) is 0 Å². The molecular weight excluding hydrogens is 284 g/mol. The summed E-state index contributed by atoms with van der Waals surface area (Å²) in [4.78, 5) is 23.0. The van der Waals surface area contributed by atoms with Crippen molar-refractivity contribution >= 4 is 11.9 Å². The van der Waals surface area contributed by atoms with E-state index in [1.54, 1.807) is 7.11 Å². The fraction of sp³-hybridized carbons (Fsp3) is 0.529. The maximum Gasteiger partial charge on any atom is 0.306 e. The van der Waals surface area contributed by atoms with Crippen LogP contribution in [0.4, 0.5) is 0 Å². The van der Waals surface area contributed by atoms with Crippen molar-refractivity contribution < 1.29 is 23.8 Å². The first-order valence-corrected chi connectivity index (χ1v) is 7.45. The molecule has 0 aliphatic carbocycles. The number of hydrogen-bond acceptors (Lipinski definition) is 5. The van der Waals surface area contributed by atoms with Gasteiger partial charge < -0.3 is 14.2 Å². The Morgan fingerprint density at radius 3 is 2.14 bits per heavy atom. The van der Waals surface area contributed by atoms with E-state index in [0.717, 1.165) is 11.3 Å². The Balaban J connectivity index is 2.16. The van der Waals surface area contributed by atoms with Gasteiger partial charge in [-0.2, -0.15) is 0 Å². The van der Waals surface area contributed by atoms with Crippen molar-refractivity contribution in [2.45, 2.75) is 39.7 Å². The van der Waals surface area contributed by atoms with E-state index in [4.69, 9.17) is 14.2 Å². The van der Waals surface area contributed by atoms with Crippen LogP contribution < -0.4 is 4.74 Å². The highest BCUT2D eigenvalue weighted by atomic mass is 16.5. The quantitative estimate of drug-likeness (QED) is 0.656. The molecule has 5 heteroatoms. The molecule has 0 aliphatic heterocycles. The number of ether oxygens (including phenoxy) is 3. The molecule has 0 aliphatic rings. The Kier molecular flexibility index (Phi) is 8.04. The summed E-state index contributed by atoms with van der Waals surface area (Å²) in [5.41, 5.74) is 0.894. The van der Waals surface area contributed by atoms with E-state index in [-0.39, 0.29) is 31.4 Å². The molecule has 0 amide bonds. The standard InChI is InChI=1S/C17H24O5/c1-13(2)11-21-16(18)5-4-6-17(19)22-12-14-7-9-15(20-3)10-8-14/h7-10,13H,4-6,11-12H2,1-3H3. The van der Waals surface area contributed by atoms with E-state index in [0.29, 0.717) is 18.9 Å². The van der Waals surface area contributed by atoms with Crippen molar-refractivity contribution in [3.63, 3.8) is 0 Å². The number of rotatable bonds is 9. The molecule has 0 bridgehead atoms. The van der Waals surface area contributed by atoms with Gasteiger partial charge >= 0.3 is 11.9 Å². The van der Waals surface area contributed by atoms with Crippen molar-refractivity contribution in [2.75, 3.05) is 13.7 Å². The highest BCUT2D eigenvalue weighted by Gasteiger charge is 2.08. The molecule has 122 valence electrons. The summed E-state index contributed by atoms with van der Waals surface area (Å²) < 4.78 is 15.2. The van der Waals surface area contributed by atoms with Crippen LogP contribution in [0.3, 0.4) is 0 Å². The van der Waals surface area contributed by atoms with Crippen LogP contribution in [0.5, 0.6) is 5.75 Å². The molecule has 22 heavy (non-hydrogen) atoms. The van der Waals surface area contributed by atoms with Gasteiger partial charge in [0.1, 0.15) is 12.4 Å². The lowest BCUT2D eigenvalue weighted by atomic mass is 10.2. The molecule has 0 saturated carbocycles. The summed E-state index contributed by atoms with van der Waals surface area (Å²) in [5, 5.41) is 0. The van der Waals surface area contributed by atoms with Crippen molar-refractivity contribution in [1.29, 1.82) is 0 Å². The molecule has 1 rings (SSSR count). The molecule has 5 nitrogen and oxygen atoms in total. The summed E-state index contributed by atoms with van der Waals surface area (Å²) in [6, 6.07) is 7.31. The fourth-order valence-electron chi connectivity index (χ4n) is 1.67. The van der Waals surface area contributed by atoms with E-state index >= 15 is 0 Å². The maximum atomic E-state index is 11.6. The van der Waals surface area contributed by atoms with Gasteiger partial charge in [0, 0.05) is 12.8 Å². The molecular formula is C17H24O5. The van der Waals surface area contributed by atoms with Crippen LogP contribution in [0.1, 0.15) is 38.7 Å². The first kappa shape index (κ1) is 18.0. The molecule has 0 saturated heterocycles. The SMILES string of the molecule is COc1ccc(COC(=O)CCCC(=O)OCC(C)C)cc1. The molecule has 0 aromatic heterocycles. The van der Waals surface area contributed by atoms with Crippen LogP contribution in [0.25, 0.3) is 0 Å². The van der Waals surface area contributed by atoms with Crippen molar-refractivity contribution in [3.05, 3.63) is 29.8 Å². The molecule has 0 heterocycles. The molecule has 0 N–H and O–H groups in total. The van der Waals surface area contributed by atoms with Crippen LogP contribution in [0, 0.1) is 5.92 Å². The van der Waals surface area contributed by atoms with E-state index in [9.17, 15) is 9.59 Å². The first-order valence-electron chi connectivity index (χ1n) is 7.45. The molecule has 0 atom stereocenters. The highest BCUT2D eigenvalue weighted by Crippen LogP contribution is 2.12. The number of benzene rings is 1. The monoisotopic (exact) mass is 308 g/mol. The Bertz CT molecular complexity index is 464. The molecule has 0 unspecified atom stereocenters. The predicted molar refractivity (Wildman–Crippen MR) is 82.4 cm³/mol. The van der Waals surface area contributed by atoms with Gasteiger partial charge in [0.2, 0.25) is 0 Å². The Morgan fingerprint density at radius 1 is 1.00 bits per heavy atom. The molecule has 1 aromatic carbocycles. The smallest absolute Gasteiger partial charge is 0.306 e. The zero-order valence-electron chi connectivity index (χ0n) is 13.5. The number of hydrogen-bond donors (Lipinski definition) is 0. The maximum absolute atomic E-state index is 11.6. The number of esters is 2. The van der Waals surface area contributed by atoms with Crippen molar-refractivity contribution in [3.8, 4) is 5.75 Å². The number of methoxy groups -OCH3 is 1. The Labute approximate surface area is 131 Å². The fourth-order valence-corrected chi connectivity index (χ4v) is 1.67. The molecule has 0 fully saturated rings. The van der Waals surface area contributed by atoms with E-state index in [1.807, 2.05) is 38.1 Å². The third-order valence-corrected chi connectivity index (χ3v) is 2.90. The third-order valence-electron chi connectivity index (χ3n) is 2.90. The van der Waals surface area contributed by atoms with Gasteiger partial charge in [0.15, 0.2) is 0 Å². The van der Waals surface area contributed by atoms with Crippen LogP contribution >= 0.6 is 0 Å². The van der Waals surface area contributed by atoms with Crippen molar-refractivity contribution in [2.24, 2.45) is 5.92 Å². The highest BCUT2D eigenvalue weighted by molar-refractivity contribution is 5.72. The zero-order valence-corrected chi connectivity index (χ0v) is 13.5. The van der Waals surface area contributed by atoms with Gasteiger partial charge in [0.05, 0.1) is 13.7 Å². The largest absolute Gasteiger partial charge is 0.497 e. The minimum atomic E-state index is -0.313. The summed E-state index contributed by atoms with van der Waals surface area (Å²) >= 11 is 0. The second kappa shape index (κ2) is 9.82. The lowest BCUT2D eigenvalue weighted by Crippen LogP contribution is -2.11. The van der Waals surface area contributed by atoms with Gasteiger partial charge in [-0.3, -0.25) is 9.59 Å². The van der Waals surface area contributed by atoms with E-state index in [2.05, 4.69) is 0 Å². The van der Waals surface area contributed by atoms with Crippen LogP contribution in [0.15, 0.2) is 24.3 Å². The summed E-state index contributed by atoms with van der Waals surface area (Å²) in [7, 11) is 1.60. The van der Waals surface area contributed by atoms with Crippen LogP contribution in [-0.2, 0) is 25.7 Å². The average Bonchev–Trinajstić information content (AvgIpc) is 2.51. The summed E-state index contributed by atoms with van der Waals surface area (Å²) in [6.45, 7) is 4.59. The lowest BCUT2D eigenvalue weighted by Gasteiger charge is -2.07. The molecule has 0 spiro atoms. The first-order chi connectivity index (χ1) is 10.5. The van der Waals surface area contributed by atoms with Crippen LogP contribution in [-0.4, -0.2) is 25.7 Å². The topological polar surface area (TPSA) is 61.8 Å². The Hall–Kier alpha value is -2.04. The van der Waals surface area contributed by atoms with Gasteiger partial charge in [-0.05, 0) is 30.0 Å². The molecule has 0 radical (unpaired) electrons. The normalized spacial score (nSPS) is 10.4. The van der Waals surface area contributed by atoms with E-state index < -0.39 is 0 Å². The Morgan fingerprint density at radius 2 is 1.59 bits per heavy atom. The number of carbonyl (C=O) groups excluding carboxylic acids is 2. The minimum Gasteiger partial charge on any atom is -0.497 e. The minimum absolute atomic E-state index is 0.215. The van der Waals surface area contributed by atoms with Gasteiger partial charge in [-0.1, -0.05) is 26.0 Å². The average molecular weight is 308 g/mol. The van der Waals surface area contributed by atoms with Gasteiger partial charge in [0.25, 0.3) is 0 Å². The lowest BCUT2D eigenvalue weighted by molar-refractivity contribution is -0.146. The number of carbonyl (C=O) groups is 2. The summed E-state index contributed by atoms with van der Waals surface area (Å²) in [6.07, 6.45) is 0.898. The summed E-state index contributed by atoms with van der Waals surface area (Å²) in [5.74, 6) is 0.498. The zero-order chi connectivity index (χ0) is 16.4. The van der Waals surface area contributed by atoms with Crippen LogP contribution in [0.2, 0.25) is 0 Å². The predicted octanol–water partition coefficient (Wildman–Crippen LogP) is 3.11. The van der Waals surface area contributed by atoms with E-state index in [1.165, 1.54) is 0 Å². The second-order valence-electron chi connectivity index (χ2n) is 5.44. The third kappa shape index (κ3) is 7.67. The molecule has 1 aromatic rings. The van der Waals surface area contributed by atoms with Crippen molar-refractivity contribution in [1.82, 2.24) is 0 Å².